The number of amidine groups is 1. The minimum absolute atomic E-state index is 0.305. The molecule has 32 heavy (non-hydrogen) atoms. The molecular weight excluding hydrogens is 418 g/mol. The quantitative estimate of drug-likeness (QED) is 0.363. The van der Waals surface area contributed by atoms with Crippen molar-refractivity contribution in [2.45, 2.75) is 6.18 Å². The molecule has 0 unspecified atom stereocenters. The largest absolute Gasteiger partial charge is 0.416 e. The van der Waals surface area contributed by atoms with E-state index < -0.39 is 11.7 Å². The lowest BCUT2D eigenvalue weighted by molar-refractivity contribution is -0.137. The van der Waals surface area contributed by atoms with E-state index in [9.17, 15) is 17.6 Å². The van der Waals surface area contributed by atoms with Crippen LogP contribution < -0.4 is 5.43 Å². The predicted octanol–water partition coefficient (Wildman–Crippen LogP) is 6.43. The second-order valence-corrected chi connectivity index (χ2v) is 7.30. The third-order valence-electron chi connectivity index (χ3n) is 5.23. The molecule has 4 aromatic carbocycles. The highest BCUT2D eigenvalue weighted by molar-refractivity contribution is 6.21. The van der Waals surface area contributed by atoms with E-state index in [0.29, 0.717) is 33.9 Å². The van der Waals surface area contributed by atoms with Crippen molar-refractivity contribution in [1.82, 2.24) is 5.43 Å². The molecule has 0 aliphatic carbocycles. The number of hydrogen-bond acceptors (Lipinski definition) is 3. The van der Waals surface area contributed by atoms with Crippen LogP contribution in [0.1, 0.15) is 22.3 Å². The Labute approximate surface area is 180 Å². The molecule has 4 aromatic rings. The van der Waals surface area contributed by atoms with E-state index in [2.05, 4.69) is 10.5 Å². The molecule has 5 rings (SSSR count). The summed E-state index contributed by atoms with van der Waals surface area (Å²) in [6, 6.07) is 22.1. The Morgan fingerprint density at radius 3 is 2.31 bits per heavy atom. The number of rotatable bonds is 2. The van der Waals surface area contributed by atoms with Crippen LogP contribution in [0.4, 0.5) is 23.2 Å². The lowest BCUT2D eigenvalue weighted by Gasteiger charge is -2.12. The fourth-order valence-corrected chi connectivity index (χ4v) is 3.67. The second kappa shape index (κ2) is 7.60. The summed E-state index contributed by atoms with van der Waals surface area (Å²) >= 11 is 0. The minimum Gasteiger partial charge on any atom is -0.260 e. The molecule has 0 bridgehead atoms. The van der Waals surface area contributed by atoms with Gasteiger partial charge in [0.1, 0.15) is 11.5 Å². The van der Waals surface area contributed by atoms with Gasteiger partial charge in [0.05, 0.1) is 11.3 Å². The van der Waals surface area contributed by atoms with Gasteiger partial charge in [0.25, 0.3) is 0 Å². The first-order valence-corrected chi connectivity index (χ1v) is 9.78. The summed E-state index contributed by atoms with van der Waals surface area (Å²) in [6.45, 7) is 0. The van der Waals surface area contributed by atoms with Gasteiger partial charge in [-0.05, 0) is 47.9 Å². The molecule has 1 heterocycles. The molecule has 0 aromatic heterocycles. The van der Waals surface area contributed by atoms with Crippen LogP contribution in [0.25, 0.3) is 10.8 Å². The van der Waals surface area contributed by atoms with Crippen molar-refractivity contribution in [2.24, 2.45) is 10.1 Å². The van der Waals surface area contributed by atoms with E-state index in [4.69, 9.17) is 4.99 Å². The van der Waals surface area contributed by atoms with Gasteiger partial charge in [-0.25, -0.2) is 9.38 Å². The highest BCUT2D eigenvalue weighted by atomic mass is 19.4. The number of hydrogen-bond donors (Lipinski definition) is 1. The Hall–Kier alpha value is -4.00. The first-order valence-electron chi connectivity index (χ1n) is 9.78. The highest BCUT2D eigenvalue weighted by Gasteiger charge is 2.31. The van der Waals surface area contributed by atoms with Crippen molar-refractivity contribution in [2.75, 3.05) is 0 Å². The molecular formula is C25H15F4N3. The molecule has 3 nitrogen and oxygen atoms in total. The van der Waals surface area contributed by atoms with Gasteiger partial charge >= 0.3 is 6.18 Å². The van der Waals surface area contributed by atoms with E-state index in [-0.39, 0.29) is 5.82 Å². The van der Waals surface area contributed by atoms with Crippen LogP contribution in [0.3, 0.4) is 0 Å². The summed E-state index contributed by atoms with van der Waals surface area (Å²) in [7, 11) is 0. The third kappa shape index (κ3) is 3.62. The van der Waals surface area contributed by atoms with E-state index in [1.807, 2.05) is 30.3 Å². The van der Waals surface area contributed by atoms with Crippen LogP contribution in [0.2, 0.25) is 0 Å². The van der Waals surface area contributed by atoms with E-state index >= 15 is 0 Å². The lowest BCUT2D eigenvalue weighted by atomic mass is 9.96. The number of nitrogens with one attached hydrogen (secondary N) is 1. The maximum absolute atomic E-state index is 13.4. The first kappa shape index (κ1) is 19.9. The average molecular weight is 433 g/mol. The number of benzene rings is 4. The Kier molecular flexibility index (Phi) is 4.74. The molecule has 0 fully saturated rings. The Balaban J connectivity index is 1.74. The molecule has 0 atom stereocenters. The number of fused-ring (bicyclic) bond motifs is 3. The van der Waals surface area contributed by atoms with E-state index in [1.54, 1.807) is 24.3 Å². The van der Waals surface area contributed by atoms with Gasteiger partial charge in [0.15, 0.2) is 5.84 Å². The lowest BCUT2D eigenvalue weighted by Crippen LogP contribution is -2.20. The number of alkyl halides is 3. The second-order valence-electron chi connectivity index (χ2n) is 7.30. The normalized spacial score (nSPS) is 13.6. The average Bonchev–Trinajstić information content (AvgIpc) is 2.99. The Bertz CT molecular complexity index is 1390. The van der Waals surface area contributed by atoms with Crippen molar-refractivity contribution in [3.05, 3.63) is 113 Å². The molecule has 1 aliphatic rings. The van der Waals surface area contributed by atoms with Crippen molar-refractivity contribution in [3.8, 4) is 0 Å². The molecule has 0 radical (unpaired) electrons. The standard InChI is InChI=1S/C25H15F4N3/c26-19-11-8-16(9-12-19)24-30-23-20-7-2-1-4-15(20)10-13-21(23)22(31-32-24)17-5-3-6-18(14-17)25(27,28)29/h1-14H,(H,30,32). The van der Waals surface area contributed by atoms with Gasteiger partial charge in [0, 0.05) is 22.1 Å². The molecule has 0 amide bonds. The van der Waals surface area contributed by atoms with Gasteiger partial charge in [-0.15, -0.1) is 0 Å². The number of aliphatic imine (C=N–C) groups is 1. The zero-order valence-electron chi connectivity index (χ0n) is 16.5. The van der Waals surface area contributed by atoms with Gasteiger partial charge in [-0.2, -0.15) is 18.3 Å². The fourth-order valence-electron chi connectivity index (χ4n) is 3.67. The highest BCUT2D eigenvalue weighted by Crippen LogP contribution is 2.35. The summed E-state index contributed by atoms with van der Waals surface area (Å²) < 4.78 is 53.4. The summed E-state index contributed by atoms with van der Waals surface area (Å²) in [4.78, 5) is 4.76. The SMILES string of the molecule is Fc1ccc(C2=Nc3c(ccc4ccccc34)C(c3cccc(C(F)(F)F)c3)=NN2)cc1. The zero-order chi connectivity index (χ0) is 22.3. The summed E-state index contributed by atoms with van der Waals surface area (Å²) in [5, 5.41) is 6.18. The number of nitrogens with zero attached hydrogens (tertiary/aromatic N) is 2. The van der Waals surface area contributed by atoms with E-state index in [1.165, 1.54) is 18.2 Å². The van der Waals surface area contributed by atoms with Crippen molar-refractivity contribution in [1.29, 1.82) is 0 Å². The third-order valence-corrected chi connectivity index (χ3v) is 5.23. The number of hydrazone groups is 1. The van der Waals surface area contributed by atoms with Crippen LogP contribution in [-0.4, -0.2) is 11.5 Å². The van der Waals surface area contributed by atoms with Crippen LogP contribution in [0.5, 0.6) is 0 Å². The zero-order valence-corrected chi connectivity index (χ0v) is 16.5. The Morgan fingerprint density at radius 2 is 1.53 bits per heavy atom. The smallest absolute Gasteiger partial charge is 0.260 e. The van der Waals surface area contributed by atoms with Crippen LogP contribution in [0, 0.1) is 5.82 Å². The van der Waals surface area contributed by atoms with Crippen LogP contribution in [-0.2, 0) is 6.18 Å². The van der Waals surface area contributed by atoms with Crippen molar-refractivity contribution in [3.63, 3.8) is 0 Å². The minimum atomic E-state index is -4.48. The van der Waals surface area contributed by atoms with Gasteiger partial charge < -0.3 is 0 Å². The molecule has 0 spiro atoms. The summed E-state index contributed by atoms with van der Waals surface area (Å²) in [5.74, 6) is -0.0217. The molecule has 1 aliphatic heterocycles. The first-order chi connectivity index (χ1) is 15.4. The van der Waals surface area contributed by atoms with Crippen molar-refractivity contribution < 1.29 is 17.6 Å². The fraction of sp³-hybridized carbons (Fsp3) is 0.0400. The van der Waals surface area contributed by atoms with E-state index in [0.717, 1.165) is 22.9 Å². The predicted molar refractivity (Wildman–Crippen MR) is 117 cm³/mol. The van der Waals surface area contributed by atoms with Gasteiger partial charge in [-0.3, -0.25) is 5.43 Å². The molecule has 0 saturated carbocycles. The Morgan fingerprint density at radius 1 is 0.750 bits per heavy atom. The maximum Gasteiger partial charge on any atom is 0.416 e. The number of halogens is 4. The summed E-state index contributed by atoms with van der Waals surface area (Å²) in [6.07, 6.45) is -4.48. The van der Waals surface area contributed by atoms with Gasteiger partial charge in [0.2, 0.25) is 0 Å². The topological polar surface area (TPSA) is 36.8 Å². The summed E-state index contributed by atoms with van der Waals surface area (Å²) in [5.41, 5.74) is 4.51. The molecule has 7 heteroatoms. The van der Waals surface area contributed by atoms with Crippen molar-refractivity contribution >= 4 is 28.0 Å². The van der Waals surface area contributed by atoms with Crippen LogP contribution in [0.15, 0.2) is 95.0 Å². The molecule has 158 valence electrons. The molecule has 1 N–H and O–H groups in total. The van der Waals surface area contributed by atoms with Gasteiger partial charge in [-0.1, -0.05) is 42.5 Å². The monoisotopic (exact) mass is 433 g/mol. The maximum atomic E-state index is 13.4. The van der Waals surface area contributed by atoms with Crippen LogP contribution >= 0.6 is 0 Å². The molecule has 0 saturated heterocycles.